The highest BCUT2D eigenvalue weighted by atomic mass is 16.5. The number of hydrogen-bond donors (Lipinski definition) is 1. The van der Waals surface area contributed by atoms with Gasteiger partial charge in [0.2, 0.25) is 0 Å². The Balaban J connectivity index is 0. The van der Waals surface area contributed by atoms with Gasteiger partial charge in [0.15, 0.2) is 11.5 Å². The highest BCUT2D eigenvalue weighted by molar-refractivity contribution is 5.44. The minimum atomic E-state index is 0.225. The third kappa shape index (κ3) is 10.4. The first-order valence-corrected chi connectivity index (χ1v) is 7.58. The topological polar surface area (TPSA) is 29.5 Å². The van der Waals surface area contributed by atoms with Crippen LogP contribution in [0.2, 0.25) is 0 Å². The molecule has 0 saturated carbocycles. The van der Waals surface area contributed by atoms with Crippen molar-refractivity contribution in [2.45, 2.75) is 67.2 Å². The lowest BCUT2D eigenvalue weighted by atomic mass is 10.2. The van der Waals surface area contributed by atoms with Crippen molar-refractivity contribution in [2.24, 2.45) is 0 Å². The van der Waals surface area contributed by atoms with Gasteiger partial charge in [0.25, 0.3) is 0 Å². The van der Waals surface area contributed by atoms with Crippen LogP contribution in [0.4, 0.5) is 0 Å². The molecule has 112 valence electrons. The molecule has 0 spiro atoms. The zero-order chi connectivity index (χ0) is 15.1. The molecule has 0 radical (unpaired) electrons. The van der Waals surface area contributed by atoms with Gasteiger partial charge in [-0.2, -0.15) is 0 Å². The van der Waals surface area contributed by atoms with Gasteiger partial charge >= 0.3 is 0 Å². The fraction of sp³-hybridized carbons (Fsp3) is 0.647. The molecule has 0 heterocycles. The van der Waals surface area contributed by atoms with Gasteiger partial charge in [0, 0.05) is 0 Å². The summed E-state index contributed by atoms with van der Waals surface area (Å²) in [5.41, 5.74) is 0.975. The number of rotatable bonds is 5. The maximum absolute atomic E-state index is 9.39. The number of benzene rings is 1. The summed E-state index contributed by atoms with van der Waals surface area (Å²) in [4.78, 5) is 0. The second-order valence-corrected chi connectivity index (χ2v) is 4.13. The normalized spacial score (nSPS) is 8.74. The largest absolute Gasteiger partial charge is 0.504 e. The van der Waals surface area contributed by atoms with Crippen LogP contribution in [0.25, 0.3) is 0 Å². The van der Waals surface area contributed by atoms with E-state index in [0.717, 1.165) is 12.0 Å². The maximum Gasteiger partial charge on any atom is 0.163 e. The van der Waals surface area contributed by atoms with Gasteiger partial charge in [-0.1, -0.05) is 66.0 Å². The first-order chi connectivity index (χ1) is 9.17. The van der Waals surface area contributed by atoms with Gasteiger partial charge in [-0.3, -0.25) is 0 Å². The molecule has 0 saturated heterocycles. The molecule has 0 atom stereocenters. The predicted molar refractivity (Wildman–Crippen MR) is 85.2 cm³/mol. The summed E-state index contributed by atoms with van der Waals surface area (Å²) in [7, 11) is 0. The van der Waals surface area contributed by atoms with Gasteiger partial charge in [0.1, 0.15) is 0 Å². The van der Waals surface area contributed by atoms with Crippen molar-refractivity contribution in [1.29, 1.82) is 0 Å². The van der Waals surface area contributed by atoms with Gasteiger partial charge in [-0.25, -0.2) is 0 Å². The number of phenols is 1. The molecule has 0 aliphatic rings. The minimum absolute atomic E-state index is 0.225. The van der Waals surface area contributed by atoms with E-state index in [-0.39, 0.29) is 5.75 Å². The Labute approximate surface area is 119 Å². The molecule has 1 N–H and O–H groups in total. The van der Waals surface area contributed by atoms with Crippen LogP contribution in [-0.4, -0.2) is 11.7 Å². The molecule has 0 aromatic heterocycles. The van der Waals surface area contributed by atoms with Gasteiger partial charge in [0.05, 0.1) is 6.61 Å². The van der Waals surface area contributed by atoms with Crippen LogP contribution in [-0.2, 0) is 0 Å². The monoisotopic (exact) mass is 268 g/mol. The number of hydrogen-bond acceptors (Lipinski definition) is 2. The van der Waals surface area contributed by atoms with Crippen molar-refractivity contribution >= 4 is 0 Å². The molecule has 1 aromatic rings. The first-order valence-electron chi connectivity index (χ1n) is 7.58. The summed E-state index contributed by atoms with van der Waals surface area (Å²) in [6.07, 6.45) is 5.03. The fourth-order valence-corrected chi connectivity index (χ4v) is 1.38. The lowest BCUT2D eigenvalue weighted by Crippen LogP contribution is -1.96. The molecule has 1 rings (SSSR count). The minimum Gasteiger partial charge on any atom is -0.504 e. The lowest BCUT2D eigenvalue weighted by Gasteiger charge is -2.08. The van der Waals surface area contributed by atoms with Crippen molar-refractivity contribution in [3.8, 4) is 11.5 Å². The molecule has 1 aromatic carbocycles. The van der Waals surface area contributed by atoms with Crippen LogP contribution in [0.15, 0.2) is 18.2 Å². The smallest absolute Gasteiger partial charge is 0.163 e. The average Bonchev–Trinajstić information content (AvgIpc) is 2.42. The predicted octanol–water partition coefficient (Wildman–Crippen LogP) is 5.71. The van der Waals surface area contributed by atoms with E-state index < -0.39 is 0 Å². The molecule has 0 amide bonds. The van der Waals surface area contributed by atoms with Crippen molar-refractivity contribution in [2.75, 3.05) is 6.61 Å². The third-order valence-electron chi connectivity index (χ3n) is 2.35. The van der Waals surface area contributed by atoms with Crippen LogP contribution < -0.4 is 4.74 Å². The SMILES string of the molecule is CC.CCCCC.CCCOc1c(C)cccc1O. The van der Waals surface area contributed by atoms with Crippen LogP contribution in [0.3, 0.4) is 0 Å². The Kier molecular flexibility index (Phi) is 15.8. The lowest BCUT2D eigenvalue weighted by molar-refractivity contribution is 0.297. The Morgan fingerprint density at radius 3 is 1.95 bits per heavy atom. The molecular formula is C17H32O2. The molecule has 0 aliphatic heterocycles. The number of para-hydroxylation sites is 1. The molecule has 0 unspecified atom stereocenters. The molecule has 2 heteroatoms. The van der Waals surface area contributed by atoms with E-state index in [9.17, 15) is 5.11 Å². The van der Waals surface area contributed by atoms with E-state index >= 15 is 0 Å². The van der Waals surface area contributed by atoms with Gasteiger partial charge in [-0.15, -0.1) is 0 Å². The van der Waals surface area contributed by atoms with Gasteiger partial charge < -0.3 is 9.84 Å². The van der Waals surface area contributed by atoms with E-state index in [0.29, 0.717) is 12.4 Å². The van der Waals surface area contributed by atoms with Gasteiger partial charge in [-0.05, 0) is 25.0 Å². The highest BCUT2D eigenvalue weighted by Gasteiger charge is 2.03. The zero-order valence-electron chi connectivity index (χ0n) is 13.6. The fourth-order valence-electron chi connectivity index (χ4n) is 1.38. The third-order valence-corrected chi connectivity index (χ3v) is 2.35. The van der Waals surface area contributed by atoms with Crippen molar-refractivity contribution in [3.63, 3.8) is 0 Å². The molecule has 0 fully saturated rings. The summed E-state index contributed by atoms with van der Waals surface area (Å²) >= 11 is 0. The molecule has 0 aliphatic carbocycles. The van der Waals surface area contributed by atoms with E-state index in [1.807, 2.05) is 39.8 Å². The molecular weight excluding hydrogens is 236 g/mol. The van der Waals surface area contributed by atoms with Crippen molar-refractivity contribution in [1.82, 2.24) is 0 Å². The van der Waals surface area contributed by atoms with E-state index in [1.165, 1.54) is 19.3 Å². The van der Waals surface area contributed by atoms with Crippen LogP contribution in [0, 0.1) is 6.92 Å². The average molecular weight is 268 g/mol. The van der Waals surface area contributed by atoms with E-state index in [1.54, 1.807) is 6.07 Å². The quantitative estimate of drug-likeness (QED) is 0.741. The summed E-state index contributed by atoms with van der Waals surface area (Å²) in [6.45, 7) is 13.0. The Morgan fingerprint density at radius 2 is 1.58 bits per heavy atom. The standard InChI is InChI=1S/C10H14O2.C5H12.C2H6/c1-3-7-12-10-8(2)5-4-6-9(10)11;1-3-5-4-2;1-2/h4-6,11H,3,7H2,1-2H3;3-5H2,1-2H3;1-2H3. The Bertz CT molecular complexity index is 273. The summed E-state index contributed by atoms with van der Waals surface area (Å²) in [5, 5.41) is 9.39. The summed E-state index contributed by atoms with van der Waals surface area (Å²) in [5.74, 6) is 0.836. The summed E-state index contributed by atoms with van der Waals surface area (Å²) in [6, 6.07) is 5.37. The maximum atomic E-state index is 9.39. The first kappa shape index (κ1) is 20.1. The number of phenolic OH excluding ortho intramolecular Hbond substituents is 1. The molecule has 0 bridgehead atoms. The number of ether oxygens (including phenoxy) is 1. The second-order valence-electron chi connectivity index (χ2n) is 4.13. The number of aromatic hydroxyl groups is 1. The second kappa shape index (κ2) is 14.9. The van der Waals surface area contributed by atoms with Crippen LogP contribution >= 0.6 is 0 Å². The Morgan fingerprint density at radius 1 is 1.00 bits per heavy atom. The van der Waals surface area contributed by atoms with E-state index in [4.69, 9.17) is 4.74 Å². The van der Waals surface area contributed by atoms with E-state index in [2.05, 4.69) is 13.8 Å². The summed E-state index contributed by atoms with van der Waals surface area (Å²) < 4.78 is 5.37. The number of aryl methyl sites for hydroxylation is 1. The zero-order valence-corrected chi connectivity index (χ0v) is 13.6. The Hall–Kier alpha value is -1.18. The van der Waals surface area contributed by atoms with Crippen LogP contribution in [0.1, 0.15) is 65.9 Å². The molecule has 19 heavy (non-hydrogen) atoms. The highest BCUT2D eigenvalue weighted by Crippen LogP contribution is 2.29. The van der Waals surface area contributed by atoms with Crippen molar-refractivity contribution < 1.29 is 9.84 Å². The van der Waals surface area contributed by atoms with Crippen LogP contribution in [0.5, 0.6) is 11.5 Å². The number of unbranched alkanes of at least 4 members (excludes halogenated alkanes) is 2. The van der Waals surface area contributed by atoms with Crippen molar-refractivity contribution in [3.05, 3.63) is 23.8 Å². The molecule has 2 nitrogen and oxygen atoms in total.